The van der Waals surface area contributed by atoms with Gasteiger partial charge in [0.05, 0.1) is 10.3 Å². The summed E-state index contributed by atoms with van der Waals surface area (Å²) >= 11 is 0. The van der Waals surface area contributed by atoms with Gasteiger partial charge in [0, 0.05) is 6.21 Å². The van der Waals surface area contributed by atoms with Gasteiger partial charge in [-0.2, -0.15) is 4.40 Å². The van der Waals surface area contributed by atoms with Crippen LogP contribution in [0.2, 0.25) is 0 Å². The fourth-order valence-corrected chi connectivity index (χ4v) is 1.84. The zero-order valence-electron chi connectivity index (χ0n) is 13.5. The van der Waals surface area contributed by atoms with Crippen molar-refractivity contribution < 1.29 is 13.7 Å². The van der Waals surface area contributed by atoms with Crippen LogP contribution in [-0.4, -0.2) is 26.7 Å². The minimum atomic E-state index is -1.29. The van der Waals surface area contributed by atoms with Crippen LogP contribution in [-0.2, 0) is 15.7 Å². The van der Waals surface area contributed by atoms with E-state index in [1.54, 1.807) is 30.5 Å². The van der Waals surface area contributed by atoms with Crippen LogP contribution in [0.1, 0.15) is 57.5 Å². The molecule has 0 aliphatic carbocycles. The second kappa shape index (κ2) is 6.52. The summed E-state index contributed by atoms with van der Waals surface area (Å²) in [6.45, 7) is 11.1. The van der Waals surface area contributed by atoms with Crippen LogP contribution >= 0.6 is 0 Å². The van der Waals surface area contributed by atoms with E-state index in [2.05, 4.69) is 4.40 Å². The zero-order chi connectivity index (χ0) is 16.3. The summed E-state index contributed by atoms with van der Waals surface area (Å²) in [6.07, 6.45) is 1.56. The van der Waals surface area contributed by atoms with E-state index in [-0.39, 0.29) is 10.7 Å². The van der Waals surface area contributed by atoms with Crippen molar-refractivity contribution in [3.05, 3.63) is 35.4 Å². The molecule has 0 aromatic heterocycles. The largest absolute Gasteiger partial charge is 0.456 e. The highest BCUT2D eigenvalue weighted by Gasteiger charge is 2.19. The zero-order valence-corrected chi connectivity index (χ0v) is 14.3. The number of benzene rings is 1. The first kappa shape index (κ1) is 17.6. The lowest BCUT2D eigenvalue weighted by molar-refractivity contribution is 0.00695. The SMILES string of the molecule is CC(C)(C)OC(=O)c1ccc(C=N[S@@](=O)C(C)(C)C)cc1. The Morgan fingerprint density at radius 1 is 1.10 bits per heavy atom. The molecule has 1 aromatic carbocycles. The monoisotopic (exact) mass is 309 g/mol. The van der Waals surface area contributed by atoms with E-state index in [9.17, 15) is 9.00 Å². The summed E-state index contributed by atoms with van der Waals surface area (Å²) in [7, 11) is -1.29. The number of nitrogens with zero attached hydrogens (tertiary/aromatic N) is 1. The number of carbonyl (C=O) groups is 1. The third kappa shape index (κ3) is 6.21. The van der Waals surface area contributed by atoms with Gasteiger partial charge in [0.1, 0.15) is 16.6 Å². The Bertz CT molecular complexity index is 548. The molecule has 0 aliphatic heterocycles. The number of ether oxygens (including phenoxy) is 1. The van der Waals surface area contributed by atoms with Gasteiger partial charge >= 0.3 is 5.97 Å². The molecule has 1 rings (SSSR count). The van der Waals surface area contributed by atoms with Crippen LogP contribution in [0, 0.1) is 0 Å². The quantitative estimate of drug-likeness (QED) is 0.634. The van der Waals surface area contributed by atoms with E-state index >= 15 is 0 Å². The molecular weight excluding hydrogens is 286 g/mol. The molecule has 0 unspecified atom stereocenters. The van der Waals surface area contributed by atoms with Gasteiger partial charge in [-0.1, -0.05) is 12.1 Å². The minimum absolute atomic E-state index is 0.357. The minimum Gasteiger partial charge on any atom is -0.456 e. The summed E-state index contributed by atoms with van der Waals surface area (Å²) in [5.41, 5.74) is 0.764. The fourth-order valence-electron chi connectivity index (χ4n) is 1.31. The lowest BCUT2D eigenvalue weighted by Crippen LogP contribution is -2.23. The standard InChI is InChI=1S/C16H23NO3S/c1-15(2,3)20-14(18)13-9-7-12(8-10-13)11-17-21(19)16(4,5)6/h7-11H,1-6H3/t21-/m0/s1. The van der Waals surface area contributed by atoms with Crippen molar-refractivity contribution in [3.63, 3.8) is 0 Å². The number of hydrogen-bond donors (Lipinski definition) is 0. The Hall–Kier alpha value is -1.49. The van der Waals surface area contributed by atoms with Gasteiger partial charge in [-0.3, -0.25) is 0 Å². The molecule has 0 radical (unpaired) electrons. The number of carbonyl (C=O) groups excluding carboxylic acids is 1. The highest BCUT2D eigenvalue weighted by atomic mass is 32.2. The van der Waals surface area contributed by atoms with Gasteiger partial charge in [0.25, 0.3) is 0 Å². The second-order valence-corrected chi connectivity index (χ2v) is 8.65. The lowest BCUT2D eigenvalue weighted by Gasteiger charge is -2.19. The third-order valence-electron chi connectivity index (χ3n) is 2.37. The highest BCUT2D eigenvalue weighted by Crippen LogP contribution is 2.14. The molecule has 0 N–H and O–H groups in total. The maximum atomic E-state index is 11.9. The molecule has 1 aromatic rings. The molecule has 21 heavy (non-hydrogen) atoms. The number of esters is 1. The van der Waals surface area contributed by atoms with E-state index in [4.69, 9.17) is 4.74 Å². The molecule has 116 valence electrons. The van der Waals surface area contributed by atoms with E-state index < -0.39 is 16.6 Å². The first-order valence-electron chi connectivity index (χ1n) is 6.78. The van der Waals surface area contributed by atoms with E-state index in [0.717, 1.165) is 5.56 Å². The van der Waals surface area contributed by atoms with Crippen LogP contribution in [0.15, 0.2) is 28.7 Å². The Morgan fingerprint density at radius 3 is 2.05 bits per heavy atom. The van der Waals surface area contributed by atoms with Gasteiger partial charge in [-0.05, 0) is 59.2 Å². The van der Waals surface area contributed by atoms with Crippen molar-refractivity contribution in [1.29, 1.82) is 0 Å². The molecule has 0 aliphatic rings. The fraction of sp³-hybridized carbons (Fsp3) is 0.500. The van der Waals surface area contributed by atoms with Gasteiger partial charge in [0.2, 0.25) is 0 Å². The molecule has 4 nitrogen and oxygen atoms in total. The summed E-state index contributed by atoms with van der Waals surface area (Å²) in [5, 5.41) is 0. The molecular formula is C16H23NO3S. The predicted molar refractivity (Wildman–Crippen MR) is 87.1 cm³/mol. The average molecular weight is 309 g/mol. The molecule has 0 bridgehead atoms. The van der Waals surface area contributed by atoms with Crippen molar-refractivity contribution in [2.45, 2.75) is 51.9 Å². The predicted octanol–water partition coefficient (Wildman–Crippen LogP) is 3.52. The van der Waals surface area contributed by atoms with Crippen LogP contribution in [0.4, 0.5) is 0 Å². The smallest absolute Gasteiger partial charge is 0.338 e. The highest BCUT2D eigenvalue weighted by molar-refractivity contribution is 7.85. The van der Waals surface area contributed by atoms with Gasteiger partial charge in [-0.25, -0.2) is 9.00 Å². The molecule has 0 fully saturated rings. The maximum absolute atomic E-state index is 11.9. The van der Waals surface area contributed by atoms with Crippen LogP contribution in [0.25, 0.3) is 0 Å². The molecule has 0 saturated carbocycles. The number of rotatable bonds is 3. The molecule has 5 heteroatoms. The summed E-state index contributed by atoms with van der Waals surface area (Å²) in [4.78, 5) is 11.9. The average Bonchev–Trinajstić information content (AvgIpc) is 2.33. The third-order valence-corrected chi connectivity index (χ3v) is 3.71. The second-order valence-electron chi connectivity index (χ2n) is 6.72. The summed E-state index contributed by atoms with van der Waals surface area (Å²) in [6, 6.07) is 6.86. The Morgan fingerprint density at radius 2 is 1.62 bits per heavy atom. The van der Waals surface area contributed by atoms with Gasteiger partial charge in [0.15, 0.2) is 0 Å². The molecule has 0 heterocycles. The van der Waals surface area contributed by atoms with Crippen molar-refractivity contribution in [1.82, 2.24) is 0 Å². The first-order valence-corrected chi connectivity index (χ1v) is 7.89. The maximum Gasteiger partial charge on any atom is 0.338 e. The Kier molecular flexibility index (Phi) is 5.45. The van der Waals surface area contributed by atoms with Crippen molar-refractivity contribution in [2.75, 3.05) is 0 Å². The normalized spacial score (nSPS) is 14.2. The lowest BCUT2D eigenvalue weighted by atomic mass is 10.1. The van der Waals surface area contributed by atoms with Crippen LogP contribution in [0.5, 0.6) is 0 Å². The van der Waals surface area contributed by atoms with E-state index in [1.165, 1.54) is 0 Å². The molecule has 0 saturated heterocycles. The summed E-state index contributed by atoms with van der Waals surface area (Å²) < 4.78 is 20.7. The van der Waals surface area contributed by atoms with E-state index in [0.29, 0.717) is 5.56 Å². The van der Waals surface area contributed by atoms with Gasteiger partial charge in [-0.15, -0.1) is 0 Å². The van der Waals surface area contributed by atoms with E-state index in [1.807, 2.05) is 41.5 Å². The number of hydrogen-bond acceptors (Lipinski definition) is 3. The molecule has 0 amide bonds. The molecule has 0 spiro atoms. The Labute approximate surface area is 129 Å². The van der Waals surface area contributed by atoms with Crippen LogP contribution in [0.3, 0.4) is 0 Å². The summed E-state index contributed by atoms with van der Waals surface area (Å²) in [5.74, 6) is -0.357. The van der Waals surface area contributed by atoms with Gasteiger partial charge < -0.3 is 4.74 Å². The topological polar surface area (TPSA) is 55.7 Å². The van der Waals surface area contributed by atoms with Crippen molar-refractivity contribution >= 4 is 23.2 Å². The van der Waals surface area contributed by atoms with Crippen molar-refractivity contribution in [3.8, 4) is 0 Å². The molecule has 1 atom stereocenters. The first-order chi connectivity index (χ1) is 9.49. The Balaban J connectivity index is 2.77. The van der Waals surface area contributed by atoms with Crippen LogP contribution < -0.4 is 0 Å². The van der Waals surface area contributed by atoms with Crippen molar-refractivity contribution in [2.24, 2.45) is 4.40 Å².